The molecule has 2 heterocycles. The fourth-order valence-corrected chi connectivity index (χ4v) is 3.59. The number of carbonyl (C=O) groups is 2. The van der Waals surface area contributed by atoms with Gasteiger partial charge in [-0.15, -0.1) is 0 Å². The number of likely N-dealkylation sites (tertiary alicyclic amines) is 1. The van der Waals surface area contributed by atoms with Gasteiger partial charge in [0.05, 0.1) is 12.2 Å². The quantitative estimate of drug-likeness (QED) is 0.823. The van der Waals surface area contributed by atoms with Crippen molar-refractivity contribution in [3.63, 3.8) is 0 Å². The molecule has 0 spiro atoms. The largest absolute Gasteiger partial charge is 0.484 e. The molecule has 0 N–H and O–H groups in total. The second kappa shape index (κ2) is 8.08. The number of rotatable bonds is 4. The number of para-hydroxylation sites is 1. The maximum Gasteiger partial charge on any atom is 0.260 e. The van der Waals surface area contributed by atoms with E-state index in [1.807, 2.05) is 49.1 Å². The molecular weight excluding hydrogens is 332 g/mol. The Bertz CT molecular complexity index is 624. The molecule has 2 amide bonds. The first-order valence-electron chi connectivity index (χ1n) is 9.33. The van der Waals surface area contributed by atoms with Crippen molar-refractivity contribution in [1.29, 1.82) is 0 Å². The predicted octanol–water partition coefficient (Wildman–Crippen LogP) is 1.94. The Morgan fingerprint density at radius 1 is 1.12 bits per heavy atom. The maximum atomic E-state index is 12.8. The van der Waals surface area contributed by atoms with Crippen LogP contribution in [0.25, 0.3) is 0 Å². The van der Waals surface area contributed by atoms with Gasteiger partial charge in [0.2, 0.25) is 5.91 Å². The highest BCUT2D eigenvalue weighted by molar-refractivity contribution is 5.81. The summed E-state index contributed by atoms with van der Waals surface area (Å²) in [6.45, 7) is 7.18. The van der Waals surface area contributed by atoms with Crippen LogP contribution >= 0.6 is 0 Å². The molecule has 0 unspecified atom stereocenters. The minimum absolute atomic E-state index is 0.00277. The summed E-state index contributed by atoms with van der Waals surface area (Å²) >= 11 is 0. The van der Waals surface area contributed by atoms with Crippen LogP contribution in [0.4, 0.5) is 0 Å². The third-order valence-electron chi connectivity index (χ3n) is 5.04. The van der Waals surface area contributed by atoms with Crippen LogP contribution in [-0.4, -0.2) is 66.6 Å². The summed E-state index contributed by atoms with van der Waals surface area (Å²) in [7, 11) is 0. The molecule has 1 aromatic carbocycles. The number of carbonyl (C=O) groups excluding carboxylic acids is 2. The minimum Gasteiger partial charge on any atom is -0.484 e. The van der Waals surface area contributed by atoms with E-state index in [4.69, 9.17) is 9.47 Å². The van der Waals surface area contributed by atoms with Crippen molar-refractivity contribution in [2.75, 3.05) is 39.4 Å². The van der Waals surface area contributed by atoms with E-state index in [1.165, 1.54) is 0 Å². The zero-order valence-corrected chi connectivity index (χ0v) is 15.6. The first kappa shape index (κ1) is 18.7. The molecule has 0 saturated carbocycles. The van der Waals surface area contributed by atoms with Gasteiger partial charge in [0, 0.05) is 32.1 Å². The Labute approximate surface area is 155 Å². The van der Waals surface area contributed by atoms with E-state index in [2.05, 4.69) is 0 Å². The van der Waals surface area contributed by atoms with Crippen LogP contribution in [0.5, 0.6) is 5.75 Å². The fourth-order valence-electron chi connectivity index (χ4n) is 3.59. The van der Waals surface area contributed by atoms with E-state index in [1.54, 1.807) is 4.90 Å². The lowest BCUT2D eigenvalue weighted by molar-refractivity contribution is -0.152. The number of ether oxygens (including phenoxy) is 2. The van der Waals surface area contributed by atoms with Crippen molar-refractivity contribution in [2.45, 2.75) is 32.3 Å². The lowest BCUT2D eigenvalue weighted by Gasteiger charge is -2.41. The number of amides is 2. The average molecular weight is 360 g/mol. The molecule has 0 radical (unpaired) electrons. The van der Waals surface area contributed by atoms with Gasteiger partial charge in [-0.1, -0.05) is 18.2 Å². The lowest BCUT2D eigenvalue weighted by atomic mass is 9.94. The Kier molecular flexibility index (Phi) is 5.81. The smallest absolute Gasteiger partial charge is 0.260 e. The molecule has 6 nitrogen and oxygen atoms in total. The van der Waals surface area contributed by atoms with E-state index >= 15 is 0 Å². The van der Waals surface area contributed by atoms with Gasteiger partial charge in [-0.2, -0.15) is 0 Å². The van der Waals surface area contributed by atoms with E-state index in [0.29, 0.717) is 51.4 Å². The first-order chi connectivity index (χ1) is 12.4. The fraction of sp³-hybridized carbons (Fsp3) is 0.600. The normalized spacial score (nSPS) is 20.7. The number of hydrogen-bond donors (Lipinski definition) is 0. The van der Waals surface area contributed by atoms with Gasteiger partial charge in [-0.05, 0) is 38.8 Å². The van der Waals surface area contributed by atoms with Gasteiger partial charge in [-0.25, -0.2) is 0 Å². The van der Waals surface area contributed by atoms with Crippen molar-refractivity contribution in [3.05, 3.63) is 30.3 Å². The average Bonchev–Trinajstić information content (AvgIpc) is 2.65. The number of benzene rings is 1. The molecular formula is C20H28N2O4. The second-order valence-electron chi connectivity index (χ2n) is 7.62. The highest BCUT2D eigenvalue weighted by Gasteiger charge is 2.35. The molecule has 2 saturated heterocycles. The molecule has 2 fully saturated rings. The Balaban J connectivity index is 1.44. The van der Waals surface area contributed by atoms with Crippen molar-refractivity contribution in [3.8, 4) is 5.75 Å². The highest BCUT2D eigenvalue weighted by Crippen LogP contribution is 2.24. The van der Waals surface area contributed by atoms with Gasteiger partial charge in [0.25, 0.3) is 5.91 Å². The zero-order valence-electron chi connectivity index (χ0n) is 15.6. The monoisotopic (exact) mass is 360 g/mol. The summed E-state index contributed by atoms with van der Waals surface area (Å²) in [6, 6.07) is 9.34. The van der Waals surface area contributed by atoms with Crippen LogP contribution in [0.2, 0.25) is 0 Å². The molecule has 0 atom stereocenters. The molecule has 3 rings (SSSR count). The third-order valence-corrected chi connectivity index (χ3v) is 5.04. The Hall–Kier alpha value is -2.08. The maximum absolute atomic E-state index is 12.8. The Morgan fingerprint density at radius 3 is 2.46 bits per heavy atom. The summed E-state index contributed by atoms with van der Waals surface area (Å²) in [6.07, 6.45) is 1.43. The van der Waals surface area contributed by atoms with E-state index in [9.17, 15) is 9.59 Å². The number of nitrogens with zero attached hydrogens (tertiary/aromatic N) is 2. The molecule has 26 heavy (non-hydrogen) atoms. The Morgan fingerprint density at radius 2 is 1.81 bits per heavy atom. The van der Waals surface area contributed by atoms with Gasteiger partial charge >= 0.3 is 0 Å². The van der Waals surface area contributed by atoms with Crippen molar-refractivity contribution >= 4 is 11.8 Å². The van der Waals surface area contributed by atoms with Crippen LogP contribution in [-0.2, 0) is 14.3 Å². The molecule has 0 aromatic heterocycles. The van der Waals surface area contributed by atoms with E-state index < -0.39 is 0 Å². The van der Waals surface area contributed by atoms with Gasteiger partial charge in [0.15, 0.2) is 6.61 Å². The van der Waals surface area contributed by atoms with Gasteiger partial charge in [0.1, 0.15) is 5.75 Å². The molecule has 142 valence electrons. The molecule has 0 aliphatic carbocycles. The van der Waals surface area contributed by atoms with E-state index in [-0.39, 0.29) is 29.9 Å². The van der Waals surface area contributed by atoms with Crippen LogP contribution in [0.15, 0.2) is 30.3 Å². The minimum atomic E-state index is -0.278. The second-order valence-corrected chi connectivity index (χ2v) is 7.62. The molecule has 6 heteroatoms. The highest BCUT2D eigenvalue weighted by atomic mass is 16.5. The lowest BCUT2D eigenvalue weighted by Crippen LogP contribution is -2.53. The van der Waals surface area contributed by atoms with E-state index in [0.717, 1.165) is 0 Å². The zero-order chi connectivity index (χ0) is 18.6. The summed E-state index contributed by atoms with van der Waals surface area (Å²) in [5.41, 5.74) is -0.278. The molecule has 0 bridgehead atoms. The van der Waals surface area contributed by atoms with Crippen LogP contribution in [0.1, 0.15) is 26.7 Å². The molecule has 2 aliphatic rings. The third kappa shape index (κ3) is 4.75. The topological polar surface area (TPSA) is 59.1 Å². The SMILES string of the molecule is CC1(C)CN(C(=O)C2CCN(C(=O)COc3ccccc3)CC2)CCO1. The van der Waals surface area contributed by atoms with Crippen molar-refractivity contribution in [2.24, 2.45) is 5.92 Å². The number of morpholine rings is 1. The van der Waals surface area contributed by atoms with Crippen molar-refractivity contribution in [1.82, 2.24) is 9.80 Å². The van der Waals surface area contributed by atoms with Gasteiger partial charge < -0.3 is 19.3 Å². The molecule has 1 aromatic rings. The number of piperidine rings is 1. The van der Waals surface area contributed by atoms with Crippen LogP contribution in [0.3, 0.4) is 0 Å². The predicted molar refractivity (Wildman–Crippen MR) is 97.9 cm³/mol. The van der Waals surface area contributed by atoms with Crippen LogP contribution < -0.4 is 4.74 Å². The summed E-state index contributed by atoms with van der Waals surface area (Å²) in [5, 5.41) is 0. The summed E-state index contributed by atoms with van der Waals surface area (Å²) in [5.74, 6) is 0.880. The standard InChI is InChI=1S/C20H28N2O4/c1-20(2)15-22(12-13-26-20)19(24)16-8-10-21(11-9-16)18(23)14-25-17-6-4-3-5-7-17/h3-7,16H,8-15H2,1-2H3. The van der Waals surface area contributed by atoms with Crippen LogP contribution in [0, 0.1) is 5.92 Å². The van der Waals surface area contributed by atoms with Crippen molar-refractivity contribution < 1.29 is 19.1 Å². The first-order valence-corrected chi connectivity index (χ1v) is 9.33. The summed E-state index contributed by atoms with van der Waals surface area (Å²) < 4.78 is 11.2. The van der Waals surface area contributed by atoms with Gasteiger partial charge in [-0.3, -0.25) is 9.59 Å². The summed E-state index contributed by atoms with van der Waals surface area (Å²) in [4.78, 5) is 28.8. The number of hydrogen-bond acceptors (Lipinski definition) is 4. The molecule has 2 aliphatic heterocycles.